The van der Waals surface area contributed by atoms with E-state index in [2.05, 4.69) is 21.3 Å². The van der Waals surface area contributed by atoms with Crippen molar-refractivity contribution in [2.24, 2.45) is 35.5 Å². The fourth-order valence-electron chi connectivity index (χ4n) is 9.88. The summed E-state index contributed by atoms with van der Waals surface area (Å²) >= 11 is 1.29. The summed E-state index contributed by atoms with van der Waals surface area (Å²) in [5.41, 5.74) is 0. The fraction of sp³-hybridized carbons (Fsp3) is 0.789. The van der Waals surface area contributed by atoms with Crippen molar-refractivity contribution >= 4 is 70.8 Å². The lowest BCUT2D eigenvalue weighted by molar-refractivity contribution is -0.156. The molecule has 0 radical (unpaired) electrons. The molecule has 0 saturated carbocycles. The molecule has 1 aliphatic heterocycles. The molecule has 10 amide bonds. The van der Waals surface area contributed by atoms with Crippen LogP contribution in [-0.4, -0.2) is 214 Å². The number of carbonyl (C=O) groups excluding carboxylic acids is 10. The number of carbonyl (C=O) groups is 10. The molecular weight excluding hydrogens is 1030 g/mol. The monoisotopic (exact) mass is 1130 g/mol. The first kappa shape index (κ1) is 71.8. The fourth-order valence-corrected chi connectivity index (χ4v) is 10.6. The lowest BCUT2D eigenvalue weighted by Gasteiger charge is -2.41. The summed E-state index contributed by atoms with van der Waals surface area (Å²) in [6.45, 7) is 26.2. The van der Waals surface area contributed by atoms with E-state index in [0.717, 1.165) is 4.90 Å². The van der Waals surface area contributed by atoms with Gasteiger partial charge in [0.15, 0.2) is 0 Å². The minimum atomic E-state index is -1.59. The van der Waals surface area contributed by atoms with Crippen LogP contribution in [0.5, 0.6) is 0 Å². The van der Waals surface area contributed by atoms with E-state index in [1.54, 1.807) is 53.9 Å². The summed E-state index contributed by atoms with van der Waals surface area (Å²) in [5.74, 6) is -8.60. The molecule has 1 saturated heterocycles. The van der Waals surface area contributed by atoms with Crippen LogP contribution in [0.15, 0.2) is 12.2 Å². The molecule has 12 atom stereocenters. The normalized spacial score (nSPS) is 27.4. The first-order valence-electron chi connectivity index (χ1n) is 28.2. The van der Waals surface area contributed by atoms with Crippen molar-refractivity contribution in [2.75, 3.05) is 54.3 Å². The van der Waals surface area contributed by atoms with E-state index in [0.29, 0.717) is 6.42 Å². The molecule has 452 valence electrons. The van der Waals surface area contributed by atoms with Crippen LogP contribution in [0, 0.1) is 35.5 Å². The lowest BCUT2D eigenvalue weighted by Crippen LogP contribution is -2.64. The van der Waals surface area contributed by atoms with Gasteiger partial charge < -0.3 is 55.8 Å². The van der Waals surface area contributed by atoms with E-state index in [1.165, 1.54) is 92.4 Å². The Bertz CT molecular complexity index is 2120. The Balaban J connectivity index is 4.33. The number of aliphatic hydroxyl groups is 1. The minimum absolute atomic E-state index is 0.0350. The Morgan fingerprint density at radius 2 is 0.924 bits per heavy atom. The zero-order valence-electron chi connectivity index (χ0n) is 51.8. The standard InChI is InChI=1S/C57H102N10O11S/c1-23-25-26-36(13)47(68)46-51(72)60-39(24-2)53(74)65(19)43(30-79-22)55(76)62(16)41(28-32(5)6)50(71)61-44(34(9)10)56(77)63(17)40(27-31(3)4)49(70)58-37(14)48(69)59-38(15)52(73)64(18)42(29-33(7)8)54(75)66(20)45(35(11)12)57(78)67(46)21/h23,25,31-47,68H,24,26-30H2,1-22H3,(H,58,70)(H,59,69)(H,60,72)(H,61,71)/b25-23+/t36-,37+,38-,39+,40+,41+,42+,43?,44+,45+,46?,47-/m1/s1. The Labute approximate surface area is 477 Å². The van der Waals surface area contributed by atoms with Gasteiger partial charge in [-0.25, -0.2) is 0 Å². The number of rotatable bonds is 15. The van der Waals surface area contributed by atoms with Crippen molar-refractivity contribution in [2.45, 2.75) is 202 Å². The summed E-state index contributed by atoms with van der Waals surface area (Å²) in [6, 6.07) is -12.2. The van der Waals surface area contributed by atoms with Gasteiger partial charge in [0.25, 0.3) is 0 Å². The average molecular weight is 1140 g/mol. The molecule has 0 aromatic rings. The molecule has 21 nitrogen and oxygen atoms in total. The van der Waals surface area contributed by atoms with Crippen molar-refractivity contribution < 1.29 is 53.1 Å². The van der Waals surface area contributed by atoms with Gasteiger partial charge in [0.05, 0.1) is 6.10 Å². The third kappa shape index (κ3) is 19.8. The number of amides is 10. The van der Waals surface area contributed by atoms with Crippen LogP contribution < -0.4 is 21.3 Å². The number of hydrogen-bond donors (Lipinski definition) is 5. The largest absolute Gasteiger partial charge is 0.390 e. The van der Waals surface area contributed by atoms with Crippen molar-refractivity contribution in [1.29, 1.82) is 0 Å². The minimum Gasteiger partial charge on any atom is -0.390 e. The van der Waals surface area contributed by atoms with E-state index in [9.17, 15) is 48.3 Å². The van der Waals surface area contributed by atoms with Gasteiger partial charge in [-0.15, -0.1) is 0 Å². The molecule has 22 heteroatoms. The summed E-state index contributed by atoms with van der Waals surface area (Å²) in [6.07, 6.45) is 4.74. The van der Waals surface area contributed by atoms with Crippen LogP contribution in [0.4, 0.5) is 0 Å². The van der Waals surface area contributed by atoms with Gasteiger partial charge in [-0.3, -0.25) is 47.9 Å². The van der Waals surface area contributed by atoms with Gasteiger partial charge in [-0.2, -0.15) is 11.8 Å². The molecule has 0 aliphatic carbocycles. The molecule has 0 aromatic heterocycles. The van der Waals surface area contributed by atoms with Crippen LogP contribution in [0.2, 0.25) is 0 Å². The Hall–Kier alpha value is -5.25. The number of hydrogen-bond acceptors (Lipinski definition) is 12. The molecule has 2 unspecified atom stereocenters. The Kier molecular flexibility index (Phi) is 29.9. The molecule has 1 aliphatic rings. The van der Waals surface area contributed by atoms with E-state index in [4.69, 9.17) is 0 Å². The summed E-state index contributed by atoms with van der Waals surface area (Å²) < 4.78 is 0. The summed E-state index contributed by atoms with van der Waals surface area (Å²) in [5, 5.41) is 23.1. The molecule has 79 heavy (non-hydrogen) atoms. The van der Waals surface area contributed by atoms with Crippen molar-refractivity contribution in [3.63, 3.8) is 0 Å². The van der Waals surface area contributed by atoms with Gasteiger partial charge in [-0.05, 0) is 94.6 Å². The molecular formula is C57H102N10O11S. The summed E-state index contributed by atoms with van der Waals surface area (Å²) in [7, 11) is 8.57. The first-order valence-corrected chi connectivity index (χ1v) is 29.5. The van der Waals surface area contributed by atoms with Gasteiger partial charge in [0.2, 0.25) is 59.1 Å². The average Bonchev–Trinajstić information content (AvgIpc) is 3.37. The van der Waals surface area contributed by atoms with E-state index in [1.807, 2.05) is 54.5 Å². The topological polar surface area (TPSA) is 258 Å². The zero-order valence-corrected chi connectivity index (χ0v) is 52.7. The smallest absolute Gasteiger partial charge is 0.246 e. The second-order valence-electron chi connectivity index (χ2n) is 23.7. The van der Waals surface area contributed by atoms with Crippen molar-refractivity contribution in [1.82, 2.24) is 50.7 Å². The van der Waals surface area contributed by atoms with E-state index in [-0.39, 0.29) is 49.2 Å². The highest BCUT2D eigenvalue weighted by molar-refractivity contribution is 7.98. The molecule has 0 bridgehead atoms. The maximum Gasteiger partial charge on any atom is 0.246 e. The highest BCUT2D eigenvalue weighted by Crippen LogP contribution is 2.25. The highest BCUT2D eigenvalue weighted by atomic mass is 32.2. The molecule has 1 rings (SSSR count). The predicted octanol–water partition coefficient (Wildman–Crippen LogP) is 3.13. The van der Waals surface area contributed by atoms with E-state index < -0.39 is 143 Å². The molecule has 5 N–H and O–H groups in total. The van der Waals surface area contributed by atoms with Crippen LogP contribution >= 0.6 is 11.8 Å². The predicted molar refractivity (Wildman–Crippen MR) is 310 cm³/mol. The summed E-state index contributed by atoms with van der Waals surface area (Å²) in [4.78, 5) is 153. The van der Waals surface area contributed by atoms with Gasteiger partial charge >= 0.3 is 0 Å². The van der Waals surface area contributed by atoms with Crippen LogP contribution in [0.1, 0.15) is 136 Å². The number of nitrogens with one attached hydrogen (secondary N) is 4. The van der Waals surface area contributed by atoms with Crippen LogP contribution in [0.25, 0.3) is 0 Å². The molecule has 0 spiro atoms. The molecule has 1 fully saturated rings. The maximum atomic E-state index is 15.0. The van der Waals surface area contributed by atoms with Crippen molar-refractivity contribution in [3.8, 4) is 0 Å². The first-order chi connectivity index (χ1) is 36.5. The zero-order chi connectivity index (χ0) is 61.2. The van der Waals surface area contributed by atoms with Gasteiger partial charge in [-0.1, -0.05) is 95.2 Å². The number of likely N-dealkylation sites (N-methyl/N-ethyl adjacent to an activating group) is 6. The van der Waals surface area contributed by atoms with E-state index >= 15 is 4.79 Å². The highest BCUT2D eigenvalue weighted by Gasteiger charge is 2.45. The Morgan fingerprint density at radius 3 is 1.38 bits per heavy atom. The number of aliphatic hydroxyl groups excluding tert-OH is 1. The Morgan fingerprint density at radius 1 is 0.494 bits per heavy atom. The lowest BCUT2D eigenvalue weighted by atomic mass is 9.91. The maximum absolute atomic E-state index is 15.0. The number of thioether (sulfide) groups is 1. The quantitative estimate of drug-likeness (QED) is 0.148. The van der Waals surface area contributed by atoms with Crippen LogP contribution in [-0.2, 0) is 47.9 Å². The van der Waals surface area contributed by atoms with Crippen LogP contribution in [0.3, 0.4) is 0 Å². The third-order valence-corrected chi connectivity index (χ3v) is 15.6. The molecule has 1 heterocycles. The second-order valence-corrected chi connectivity index (χ2v) is 24.6. The SMILES string of the molecule is C/C=C/C[C@@H](C)[C@@H](O)C1C(=O)N[C@@H](CC)C(=O)N(C)C(CSC)C(=O)N(C)[C@@H](CC(C)C)C(=O)N[C@@H](C(C)C)C(=O)N(C)[C@@H](CC(C)C)C(=O)N[C@@H](C)C(=O)N[C@H](C)C(=O)N(C)[C@@H](CC(C)C)C(=O)N(C)[C@@H](C(C)C)C(=O)N1C. The second kappa shape index (κ2) is 32.9. The van der Waals surface area contributed by atoms with Crippen molar-refractivity contribution in [3.05, 3.63) is 12.2 Å². The number of nitrogens with zero attached hydrogens (tertiary/aromatic N) is 6. The molecule has 0 aromatic carbocycles. The van der Waals surface area contributed by atoms with Gasteiger partial charge in [0.1, 0.15) is 60.4 Å². The number of allylic oxidation sites excluding steroid dienone is 2. The third-order valence-electron chi connectivity index (χ3n) is 14.9. The van der Waals surface area contributed by atoms with Gasteiger partial charge in [0, 0.05) is 48.0 Å².